The molecule has 0 saturated carbocycles. The number of hydrogen-bond acceptors (Lipinski definition) is 2. The predicted molar refractivity (Wildman–Crippen MR) is 59.8 cm³/mol. The van der Waals surface area contributed by atoms with Crippen molar-refractivity contribution in [2.45, 2.75) is 6.92 Å². The zero-order chi connectivity index (χ0) is 10.7. The molecule has 0 aliphatic heterocycles. The first-order chi connectivity index (χ1) is 6.54. The van der Waals surface area contributed by atoms with Crippen LogP contribution in [0.4, 0.5) is 0 Å². The Balaban J connectivity index is 3.35. The summed E-state index contributed by atoms with van der Waals surface area (Å²) in [6.45, 7) is 1.65. The second-order valence-corrected chi connectivity index (χ2v) is 3.90. The Labute approximate surface area is 94.7 Å². The maximum atomic E-state index is 10.7. The number of nitrogens with zero attached hydrogens (tertiary/aromatic N) is 1. The van der Waals surface area contributed by atoms with Gasteiger partial charge in [-0.1, -0.05) is 29.8 Å². The van der Waals surface area contributed by atoms with Gasteiger partial charge in [-0.25, -0.2) is 0 Å². The normalized spacial score (nSPS) is 23.1. The molecule has 0 unspecified atom stereocenters. The molecule has 0 amide bonds. The first-order valence-electron chi connectivity index (χ1n) is 3.79. The van der Waals surface area contributed by atoms with Gasteiger partial charge in [-0.3, -0.25) is 10.1 Å². The van der Waals surface area contributed by atoms with Crippen LogP contribution in [-0.4, -0.2) is 4.92 Å². The van der Waals surface area contributed by atoms with Crippen LogP contribution in [0.15, 0.2) is 45.1 Å². The summed E-state index contributed by atoms with van der Waals surface area (Å²) in [4.78, 5) is 10.3. The van der Waals surface area contributed by atoms with Crippen LogP contribution in [0.3, 0.4) is 0 Å². The van der Waals surface area contributed by atoms with E-state index < -0.39 is 4.92 Å². The van der Waals surface area contributed by atoms with Gasteiger partial charge in [-0.2, -0.15) is 0 Å². The van der Waals surface area contributed by atoms with E-state index in [4.69, 9.17) is 11.6 Å². The van der Waals surface area contributed by atoms with Gasteiger partial charge >= 0.3 is 0 Å². The summed E-state index contributed by atoms with van der Waals surface area (Å²) in [5.74, 6) is 0. The van der Waals surface area contributed by atoms with E-state index in [1.165, 1.54) is 0 Å². The van der Waals surface area contributed by atoms with Crippen LogP contribution >= 0.6 is 27.5 Å². The third-order valence-electron chi connectivity index (χ3n) is 1.67. The first-order valence-corrected chi connectivity index (χ1v) is 4.97. The van der Waals surface area contributed by atoms with Crippen LogP contribution < -0.4 is 0 Å². The van der Waals surface area contributed by atoms with Gasteiger partial charge < -0.3 is 0 Å². The molecule has 0 aromatic carbocycles. The summed E-state index contributed by atoms with van der Waals surface area (Å²) in [5, 5.41) is 10.9. The fourth-order valence-electron chi connectivity index (χ4n) is 1.00. The zero-order valence-corrected chi connectivity index (χ0v) is 9.67. The molecular weight excluding hydrogens is 269 g/mol. The summed E-state index contributed by atoms with van der Waals surface area (Å²) in [7, 11) is 0. The molecule has 0 N–H and O–H groups in total. The molecule has 14 heavy (non-hydrogen) atoms. The number of rotatable bonds is 1. The predicted octanol–water partition coefficient (Wildman–Crippen LogP) is 3.51. The van der Waals surface area contributed by atoms with Crippen molar-refractivity contribution in [1.82, 2.24) is 0 Å². The van der Waals surface area contributed by atoms with Crippen molar-refractivity contribution in [2.75, 3.05) is 0 Å². The summed E-state index contributed by atoms with van der Waals surface area (Å²) in [6.07, 6.45) is 6.79. The van der Waals surface area contributed by atoms with Crippen LogP contribution in [-0.2, 0) is 0 Å². The van der Waals surface area contributed by atoms with Crippen LogP contribution in [0.2, 0.25) is 0 Å². The first kappa shape index (κ1) is 11.2. The van der Waals surface area contributed by atoms with E-state index in [9.17, 15) is 10.1 Å². The van der Waals surface area contributed by atoms with Gasteiger partial charge in [0.15, 0.2) is 0 Å². The largest absolute Gasteiger partial charge is 0.291 e. The Morgan fingerprint density at radius 2 is 2.00 bits per heavy atom. The highest BCUT2D eigenvalue weighted by Gasteiger charge is 2.21. The van der Waals surface area contributed by atoms with Crippen molar-refractivity contribution < 1.29 is 4.92 Å². The molecule has 1 aliphatic carbocycles. The molecular formula is C9H7BrClNO2. The summed E-state index contributed by atoms with van der Waals surface area (Å²) >= 11 is 9.01. The van der Waals surface area contributed by atoms with E-state index in [1.54, 1.807) is 31.2 Å². The van der Waals surface area contributed by atoms with E-state index in [0.29, 0.717) is 10.1 Å². The third-order valence-corrected chi connectivity index (χ3v) is 2.95. The molecule has 0 heterocycles. The number of nitro groups is 1. The molecule has 0 radical (unpaired) electrons. The number of allylic oxidation sites excluding steroid dienone is 7. The minimum atomic E-state index is -0.484. The van der Waals surface area contributed by atoms with Crippen LogP contribution in [0, 0.1) is 10.1 Å². The highest BCUT2D eigenvalue weighted by molar-refractivity contribution is 9.12. The Morgan fingerprint density at radius 1 is 1.43 bits per heavy atom. The van der Waals surface area contributed by atoms with Crippen molar-refractivity contribution in [3.05, 3.63) is 55.2 Å². The Morgan fingerprint density at radius 3 is 2.57 bits per heavy atom. The summed E-state index contributed by atoms with van der Waals surface area (Å²) < 4.78 is 0.509. The molecule has 0 spiro atoms. The van der Waals surface area contributed by atoms with Crippen molar-refractivity contribution in [3.63, 3.8) is 0 Å². The maximum Gasteiger partial charge on any atom is 0.291 e. The second-order valence-electron chi connectivity index (χ2n) is 2.67. The Kier molecular flexibility index (Phi) is 3.66. The number of halogens is 2. The van der Waals surface area contributed by atoms with E-state index >= 15 is 0 Å². The number of hydrogen-bond donors (Lipinski definition) is 0. The minimum Gasteiger partial charge on any atom is -0.258 e. The zero-order valence-electron chi connectivity index (χ0n) is 7.33. The Bertz CT molecular complexity index is 394. The van der Waals surface area contributed by atoms with Crippen LogP contribution in [0.5, 0.6) is 0 Å². The molecule has 0 aromatic rings. The SMILES string of the molecule is CC1=C/C=C/C=C(/Br)C(Cl)=C1[N+](=O)[O-]. The topological polar surface area (TPSA) is 43.1 Å². The Hall–Kier alpha value is -0.870. The highest BCUT2D eigenvalue weighted by atomic mass is 79.9. The standard InChI is InChI=1S/C9H7BrClNO2/c1-6-4-2-3-5-7(10)8(11)9(6)12(13)14/h2-5H,1H3/b3-2+,4-2?,5-3?,6-4?,7-5+,8-7?,9-6?,9-8?. The molecule has 1 rings (SSSR count). The highest BCUT2D eigenvalue weighted by Crippen LogP contribution is 2.29. The summed E-state index contributed by atoms with van der Waals surface area (Å²) in [6, 6.07) is 0. The van der Waals surface area contributed by atoms with Gasteiger partial charge in [0.05, 0.1) is 4.92 Å². The van der Waals surface area contributed by atoms with Gasteiger partial charge in [-0.15, -0.1) is 0 Å². The molecule has 0 saturated heterocycles. The second kappa shape index (κ2) is 4.57. The van der Waals surface area contributed by atoms with Crippen molar-refractivity contribution >= 4 is 27.5 Å². The lowest BCUT2D eigenvalue weighted by Crippen LogP contribution is -2.03. The van der Waals surface area contributed by atoms with E-state index in [0.717, 1.165) is 0 Å². The molecule has 1 aliphatic rings. The average molecular weight is 277 g/mol. The van der Waals surface area contributed by atoms with Crippen molar-refractivity contribution in [2.24, 2.45) is 0 Å². The van der Waals surface area contributed by atoms with Crippen molar-refractivity contribution in [1.29, 1.82) is 0 Å². The maximum absolute atomic E-state index is 10.7. The molecule has 5 heteroatoms. The molecule has 74 valence electrons. The average Bonchev–Trinajstić information content (AvgIpc) is 2.09. The molecule has 0 bridgehead atoms. The lowest BCUT2D eigenvalue weighted by atomic mass is 10.1. The fourth-order valence-corrected chi connectivity index (χ4v) is 1.62. The molecule has 3 nitrogen and oxygen atoms in total. The van der Waals surface area contributed by atoms with Crippen LogP contribution in [0.25, 0.3) is 0 Å². The van der Waals surface area contributed by atoms with E-state index in [-0.39, 0.29) is 10.7 Å². The molecule has 0 fully saturated rings. The summed E-state index contributed by atoms with van der Waals surface area (Å²) in [5.41, 5.74) is 0.459. The lowest BCUT2D eigenvalue weighted by Gasteiger charge is -2.03. The van der Waals surface area contributed by atoms with Gasteiger partial charge in [-0.05, 0) is 28.9 Å². The fraction of sp³-hybridized carbons (Fsp3) is 0.111. The third kappa shape index (κ3) is 2.33. The quantitative estimate of drug-likeness (QED) is 0.543. The lowest BCUT2D eigenvalue weighted by molar-refractivity contribution is -0.421. The molecule has 0 aromatic heterocycles. The van der Waals surface area contributed by atoms with Gasteiger partial charge in [0, 0.05) is 10.1 Å². The monoisotopic (exact) mass is 275 g/mol. The van der Waals surface area contributed by atoms with Gasteiger partial charge in [0.1, 0.15) is 5.03 Å². The van der Waals surface area contributed by atoms with E-state index in [1.807, 2.05) is 0 Å². The smallest absolute Gasteiger partial charge is 0.258 e. The van der Waals surface area contributed by atoms with Crippen LogP contribution in [0.1, 0.15) is 6.92 Å². The molecule has 0 atom stereocenters. The van der Waals surface area contributed by atoms with Gasteiger partial charge in [0.25, 0.3) is 5.70 Å². The van der Waals surface area contributed by atoms with E-state index in [2.05, 4.69) is 15.9 Å². The minimum absolute atomic E-state index is 0.0702. The van der Waals surface area contributed by atoms with Gasteiger partial charge in [0.2, 0.25) is 0 Å². The van der Waals surface area contributed by atoms with Crippen molar-refractivity contribution in [3.8, 4) is 0 Å².